The highest BCUT2D eigenvalue weighted by Gasteiger charge is 2.17. The fraction of sp³-hybridized carbons (Fsp3) is 0.250. The maximum absolute atomic E-state index is 11.3. The van der Waals surface area contributed by atoms with E-state index in [0.717, 1.165) is 6.07 Å². The first-order valence-electron chi connectivity index (χ1n) is 4.55. The number of hydrogen-bond donors (Lipinski definition) is 3. The molecule has 0 amide bonds. The van der Waals surface area contributed by atoms with E-state index < -0.39 is 20.0 Å². The Kier molecular flexibility index (Phi) is 3.89. The van der Waals surface area contributed by atoms with Crippen molar-refractivity contribution in [3.8, 4) is 0 Å². The number of primary sulfonamides is 2. The molecule has 0 fully saturated rings. The van der Waals surface area contributed by atoms with Gasteiger partial charge in [0.05, 0.1) is 9.79 Å². The second-order valence-corrected chi connectivity index (χ2v) is 6.49. The van der Waals surface area contributed by atoms with Gasteiger partial charge in [0.1, 0.15) is 0 Å². The zero-order valence-corrected chi connectivity index (χ0v) is 10.5. The van der Waals surface area contributed by atoms with Crippen LogP contribution in [0.5, 0.6) is 0 Å². The molecule has 0 bridgehead atoms. The molecule has 1 rings (SSSR count). The van der Waals surface area contributed by atoms with Crippen LogP contribution in [0.25, 0.3) is 0 Å². The van der Waals surface area contributed by atoms with Crippen LogP contribution < -0.4 is 16.0 Å². The second kappa shape index (κ2) is 4.70. The molecule has 1 aromatic rings. The Morgan fingerprint density at radius 3 is 2.00 bits per heavy atom. The molecule has 0 spiro atoms. The fourth-order valence-corrected chi connectivity index (χ4v) is 2.78. The second-order valence-electron chi connectivity index (χ2n) is 3.40. The Morgan fingerprint density at radius 2 is 1.59 bits per heavy atom. The lowest BCUT2D eigenvalue weighted by Gasteiger charge is -2.08. The van der Waals surface area contributed by atoms with Crippen LogP contribution in [0.15, 0.2) is 28.0 Å². The van der Waals surface area contributed by atoms with Crippen molar-refractivity contribution in [2.24, 2.45) is 16.0 Å². The van der Waals surface area contributed by atoms with Crippen LogP contribution >= 0.6 is 0 Å². The first-order valence-corrected chi connectivity index (χ1v) is 7.64. The maximum Gasteiger partial charge on any atom is 0.238 e. The van der Waals surface area contributed by atoms with Crippen LogP contribution in [0.2, 0.25) is 0 Å². The third-order valence-corrected chi connectivity index (χ3v) is 3.99. The Hall–Kier alpha value is -1.00. The van der Waals surface area contributed by atoms with Crippen LogP contribution in [0.3, 0.4) is 0 Å². The molecule has 96 valence electrons. The van der Waals surface area contributed by atoms with E-state index in [1.165, 1.54) is 12.1 Å². The van der Waals surface area contributed by atoms with Gasteiger partial charge in [-0.05, 0) is 30.7 Å². The Balaban J connectivity index is 3.51. The van der Waals surface area contributed by atoms with Gasteiger partial charge in [0.25, 0.3) is 0 Å². The predicted molar refractivity (Wildman–Crippen MR) is 61.9 cm³/mol. The summed E-state index contributed by atoms with van der Waals surface area (Å²) in [5, 5.41) is 9.90. The number of rotatable bonds is 4. The quantitative estimate of drug-likeness (QED) is 0.612. The van der Waals surface area contributed by atoms with E-state index in [1.54, 1.807) is 0 Å². The van der Waals surface area contributed by atoms with E-state index in [1.807, 2.05) is 0 Å². The highest BCUT2D eigenvalue weighted by molar-refractivity contribution is 7.90. The van der Waals surface area contributed by atoms with Crippen LogP contribution in [-0.4, -0.2) is 23.4 Å². The molecule has 0 aliphatic rings. The van der Waals surface area contributed by atoms with Crippen molar-refractivity contribution in [2.45, 2.75) is 16.2 Å². The minimum Gasteiger partial charge on any atom is -0.330 e. The summed E-state index contributed by atoms with van der Waals surface area (Å²) >= 11 is 0. The van der Waals surface area contributed by atoms with Gasteiger partial charge in [0, 0.05) is 0 Å². The molecule has 0 aromatic heterocycles. The third kappa shape index (κ3) is 3.48. The standard InChI is InChI=1S/C8H13N3O4S2/c9-4-3-6-1-2-7(16(10,12)13)5-8(6)17(11,14)15/h1-2,5H,3-4,9H2,(H2,10,12,13)(H2,11,14,15). The molecule has 6 N–H and O–H groups in total. The SMILES string of the molecule is NCCc1ccc(S(N)(=O)=O)cc1S(N)(=O)=O. The maximum atomic E-state index is 11.3. The van der Waals surface area contributed by atoms with E-state index in [-0.39, 0.29) is 22.8 Å². The molecular formula is C8H13N3O4S2. The molecule has 17 heavy (non-hydrogen) atoms. The summed E-state index contributed by atoms with van der Waals surface area (Å²) in [5.74, 6) is 0. The van der Waals surface area contributed by atoms with Gasteiger partial charge in [-0.1, -0.05) is 6.07 Å². The van der Waals surface area contributed by atoms with Gasteiger partial charge < -0.3 is 5.73 Å². The van der Waals surface area contributed by atoms with E-state index >= 15 is 0 Å². The Labute approximate surface area is 99.7 Å². The van der Waals surface area contributed by atoms with Crippen LogP contribution in [0.1, 0.15) is 5.56 Å². The molecule has 0 radical (unpaired) electrons. The summed E-state index contributed by atoms with van der Waals surface area (Å²) in [7, 11) is -7.98. The van der Waals surface area contributed by atoms with E-state index in [2.05, 4.69) is 0 Å². The van der Waals surface area contributed by atoms with Gasteiger partial charge in [0.15, 0.2) is 0 Å². The normalized spacial score (nSPS) is 12.6. The molecule has 0 unspecified atom stereocenters. The zero-order chi connectivity index (χ0) is 13.3. The van der Waals surface area contributed by atoms with Crippen molar-refractivity contribution < 1.29 is 16.8 Å². The summed E-state index contributed by atoms with van der Waals surface area (Å²) < 4.78 is 44.8. The molecule has 0 aliphatic carbocycles. The molecule has 0 saturated heterocycles. The largest absolute Gasteiger partial charge is 0.330 e. The van der Waals surface area contributed by atoms with Crippen molar-refractivity contribution in [1.29, 1.82) is 0 Å². The number of sulfonamides is 2. The molecule has 9 heteroatoms. The Morgan fingerprint density at radius 1 is 1.00 bits per heavy atom. The zero-order valence-electron chi connectivity index (χ0n) is 8.83. The minimum absolute atomic E-state index is 0.219. The lowest BCUT2D eigenvalue weighted by Crippen LogP contribution is -2.18. The van der Waals surface area contributed by atoms with Gasteiger partial charge in [0.2, 0.25) is 20.0 Å². The molecule has 1 aromatic carbocycles. The topological polar surface area (TPSA) is 146 Å². The fourth-order valence-electron chi connectivity index (χ4n) is 1.34. The summed E-state index contributed by atoms with van der Waals surface area (Å²) in [6.07, 6.45) is 0.274. The lowest BCUT2D eigenvalue weighted by molar-refractivity contribution is 0.595. The number of nitrogens with two attached hydrogens (primary N) is 3. The van der Waals surface area contributed by atoms with Crippen molar-refractivity contribution in [1.82, 2.24) is 0 Å². The molecule has 0 heterocycles. The third-order valence-electron chi connectivity index (χ3n) is 2.09. The smallest absolute Gasteiger partial charge is 0.238 e. The van der Waals surface area contributed by atoms with Crippen molar-refractivity contribution in [3.05, 3.63) is 23.8 Å². The van der Waals surface area contributed by atoms with Gasteiger partial charge in [-0.2, -0.15) is 0 Å². The van der Waals surface area contributed by atoms with Crippen LogP contribution in [0.4, 0.5) is 0 Å². The first-order chi connectivity index (χ1) is 7.66. The summed E-state index contributed by atoms with van der Waals surface area (Å²) in [6.45, 7) is 0.219. The van der Waals surface area contributed by atoms with E-state index in [9.17, 15) is 16.8 Å². The molecule has 7 nitrogen and oxygen atoms in total. The van der Waals surface area contributed by atoms with Crippen molar-refractivity contribution >= 4 is 20.0 Å². The number of hydrogen-bond acceptors (Lipinski definition) is 5. The summed E-state index contributed by atoms with van der Waals surface area (Å²) in [4.78, 5) is -0.572. The predicted octanol–water partition coefficient (Wildman–Crippen LogP) is -1.52. The van der Waals surface area contributed by atoms with Crippen molar-refractivity contribution in [3.63, 3.8) is 0 Å². The minimum atomic E-state index is -4.01. The highest BCUT2D eigenvalue weighted by Crippen LogP contribution is 2.19. The van der Waals surface area contributed by atoms with Gasteiger partial charge in [-0.3, -0.25) is 0 Å². The Bertz CT molecular complexity index is 622. The van der Waals surface area contributed by atoms with E-state index in [4.69, 9.17) is 16.0 Å². The van der Waals surface area contributed by atoms with Gasteiger partial charge in [-0.25, -0.2) is 27.1 Å². The molecule has 0 atom stereocenters. The van der Waals surface area contributed by atoms with Gasteiger partial charge >= 0.3 is 0 Å². The van der Waals surface area contributed by atoms with Crippen molar-refractivity contribution in [2.75, 3.05) is 6.54 Å². The molecular weight excluding hydrogens is 266 g/mol. The van der Waals surface area contributed by atoms with Gasteiger partial charge in [-0.15, -0.1) is 0 Å². The number of benzene rings is 1. The first kappa shape index (κ1) is 14.1. The van der Waals surface area contributed by atoms with Crippen LogP contribution in [-0.2, 0) is 26.5 Å². The molecule has 0 aliphatic heterocycles. The summed E-state index contributed by atoms with van der Waals surface area (Å²) in [5.41, 5.74) is 5.68. The average molecular weight is 279 g/mol. The molecule has 0 saturated carbocycles. The van der Waals surface area contributed by atoms with Crippen LogP contribution in [0, 0.1) is 0 Å². The van der Waals surface area contributed by atoms with E-state index in [0.29, 0.717) is 5.56 Å². The average Bonchev–Trinajstić information content (AvgIpc) is 2.15. The summed E-state index contributed by atoms with van der Waals surface area (Å²) in [6, 6.07) is 3.50. The lowest BCUT2D eigenvalue weighted by atomic mass is 10.1. The monoisotopic (exact) mass is 279 g/mol. The highest BCUT2D eigenvalue weighted by atomic mass is 32.2.